The molecule has 1 fully saturated rings. The molecule has 1 saturated carbocycles. The van der Waals surface area contributed by atoms with E-state index in [4.69, 9.17) is 14.2 Å². The number of carbonyl (C=O) groups is 2. The van der Waals surface area contributed by atoms with Crippen molar-refractivity contribution in [1.82, 2.24) is 0 Å². The molecule has 178 valence electrons. The Morgan fingerprint density at radius 1 is 0.971 bits per heavy atom. The average molecular weight is 467 g/mol. The van der Waals surface area contributed by atoms with Gasteiger partial charge in [-0.1, -0.05) is 42.5 Å². The van der Waals surface area contributed by atoms with Crippen LogP contribution in [0.1, 0.15) is 47.2 Å². The molecule has 0 radical (unpaired) electrons. The Morgan fingerprint density at radius 2 is 1.71 bits per heavy atom. The van der Waals surface area contributed by atoms with E-state index in [1.165, 1.54) is 13.2 Å². The van der Waals surface area contributed by atoms with Crippen LogP contribution in [0.2, 0.25) is 0 Å². The standard InChI is InChI=1S/C27H27FO6/c1-32-15-20-13-24(28)25(14-23(20)26(29)30)34-21-11-9-18(10-12-21)27(31)33-16-19-7-4-6-17-5-2-3-8-22(17)19/h2-8,13-14,18,21H,9-12,15-16H2,1H3,(H,29,30). The first-order valence-electron chi connectivity index (χ1n) is 11.3. The predicted molar refractivity (Wildman–Crippen MR) is 124 cm³/mol. The van der Waals surface area contributed by atoms with Crippen LogP contribution in [-0.4, -0.2) is 30.3 Å². The van der Waals surface area contributed by atoms with Crippen LogP contribution in [-0.2, 0) is 27.5 Å². The van der Waals surface area contributed by atoms with Crippen LogP contribution in [0, 0.1) is 11.7 Å². The first-order chi connectivity index (χ1) is 16.5. The lowest BCUT2D eigenvalue weighted by Crippen LogP contribution is -2.29. The predicted octanol–water partition coefficient (Wildman–Crippen LogP) is 5.50. The number of carboxylic acid groups (broad SMARTS) is 1. The Kier molecular flexibility index (Phi) is 7.43. The second-order valence-corrected chi connectivity index (χ2v) is 8.52. The Bertz CT molecular complexity index is 1180. The van der Waals surface area contributed by atoms with Crippen molar-refractivity contribution in [2.24, 2.45) is 5.92 Å². The second-order valence-electron chi connectivity index (χ2n) is 8.52. The molecule has 1 aliphatic carbocycles. The number of ether oxygens (including phenoxy) is 3. The van der Waals surface area contributed by atoms with Crippen molar-refractivity contribution in [2.75, 3.05) is 7.11 Å². The zero-order chi connectivity index (χ0) is 24.1. The van der Waals surface area contributed by atoms with Crippen LogP contribution in [0.3, 0.4) is 0 Å². The van der Waals surface area contributed by atoms with Crippen LogP contribution < -0.4 is 4.74 Å². The summed E-state index contributed by atoms with van der Waals surface area (Å²) in [5, 5.41) is 11.6. The molecule has 0 heterocycles. The third-order valence-corrected chi connectivity index (χ3v) is 6.24. The highest BCUT2D eigenvalue weighted by molar-refractivity contribution is 5.90. The van der Waals surface area contributed by atoms with E-state index >= 15 is 0 Å². The molecule has 0 spiro atoms. The van der Waals surface area contributed by atoms with E-state index in [1.54, 1.807) is 0 Å². The molecule has 4 rings (SSSR count). The van der Waals surface area contributed by atoms with Gasteiger partial charge in [0.25, 0.3) is 0 Å². The highest BCUT2D eigenvalue weighted by Gasteiger charge is 2.29. The van der Waals surface area contributed by atoms with Gasteiger partial charge >= 0.3 is 11.9 Å². The van der Waals surface area contributed by atoms with Gasteiger partial charge in [-0.2, -0.15) is 0 Å². The van der Waals surface area contributed by atoms with Gasteiger partial charge in [0.2, 0.25) is 0 Å². The number of hydrogen-bond donors (Lipinski definition) is 1. The van der Waals surface area contributed by atoms with Crippen molar-refractivity contribution in [3.63, 3.8) is 0 Å². The molecule has 0 atom stereocenters. The number of aromatic carboxylic acids is 1. The third-order valence-electron chi connectivity index (χ3n) is 6.24. The van der Waals surface area contributed by atoms with Crippen LogP contribution >= 0.6 is 0 Å². The fraction of sp³-hybridized carbons (Fsp3) is 0.333. The van der Waals surface area contributed by atoms with Gasteiger partial charge in [-0.3, -0.25) is 4.79 Å². The van der Waals surface area contributed by atoms with E-state index in [2.05, 4.69) is 0 Å². The van der Waals surface area contributed by atoms with Crippen molar-refractivity contribution < 1.29 is 33.3 Å². The molecule has 1 N–H and O–H groups in total. The summed E-state index contributed by atoms with van der Waals surface area (Å²) in [5.41, 5.74) is 1.16. The van der Waals surface area contributed by atoms with Crippen molar-refractivity contribution in [3.8, 4) is 5.75 Å². The van der Waals surface area contributed by atoms with Crippen molar-refractivity contribution in [1.29, 1.82) is 0 Å². The van der Waals surface area contributed by atoms with E-state index < -0.39 is 11.8 Å². The molecular weight excluding hydrogens is 439 g/mol. The number of methoxy groups -OCH3 is 1. The molecule has 0 amide bonds. The van der Waals surface area contributed by atoms with E-state index in [0.717, 1.165) is 22.4 Å². The monoisotopic (exact) mass is 466 g/mol. The summed E-state index contributed by atoms with van der Waals surface area (Å²) >= 11 is 0. The minimum absolute atomic E-state index is 0.00910. The van der Waals surface area contributed by atoms with Gasteiger partial charge < -0.3 is 19.3 Å². The number of esters is 1. The van der Waals surface area contributed by atoms with Crippen molar-refractivity contribution in [2.45, 2.75) is 45.0 Å². The molecule has 34 heavy (non-hydrogen) atoms. The molecule has 0 aromatic heterocycles. The number of fused-ring (bicyclic) bond motifs is 1. The first-order valence-corrected chi connectivity index (χ1v) is 11.3. The van der Waals surface area contributed by atoms with E-state index in [-0.39, 0.29) is 48.1 Å². The minimum atomic E-state index is -1.17. The highest BCUT2D eigenvalue weighted by Crippen LogP contribution is 2.31. The fourth-order valence-electron chi connectivity index (χ4n) is 4.44. The largest absolute Gasteiger partial charge is 0.487 e. The maximum absolute atomic E-state index is 14.5. The zero-order valence-electron chi connectivity index (χ0n) is 19.0. The molecule has 3 aromatic carbocycles. The molecule has 1 aliphatic rings. The Labute approximate surface area is 197 Å². The molecule has 0 bridgehead atoms. The smallest absolute Gasteiger partial charge is 0.336 e. The number of carbonyl (C=O) groups excluding carboxylic acids is 1. The van der Waals surface area contributed by atoms with Gasteiger partial charge in [0, 0.05) is 7.11 Å². The minimum Gasteiger partial charge on any atom is -0.487 e. The molecular formula is C27H27FO6. The lowest BCUT2D eigenvalue weighted by Gasteiger charge is -2.28. The maximum Gasteiger partial charge on any atom is 0.336 e. The Morgan fingerprint density at radius 3 is 2.44 bits per heavy atom. The van der Waals surface area contributed by atoms with E-state index in [9.17, 15) is 19.1 Å². The topological polar surface area (TPSA) is 82.1 Å². The lowest BCUT2D eigenvalue weighted by molar-refractivity contribution is -0.151. The SMILES string of the molecule is COCc1cc(F)c(OC2CCC(C(=O)OCc3cccc4ccccc34)CC2)cc1C(=O)O. The Hall–Kier alpha value is -3.45. The van der Waals surface area contributed by atoms with Crippen LogP contribution in [0.25, 0.3) is 10.8 Å². The molecule has 6 nitrogen and oxygen atoms in total. The zero-order valence-corrected chi connectivity index (χ0v) is 19.0. The number of rotatable bonds is 8. The molecule has 0 aliphatic heterocycles. The lowest BCUT2D eigenvalue weighted by atomic mass is 9.87. The summed E-state index contributed by atoms with van der Waals surface area (Å²) in [6, 6.07) is 16.2. The molecule has 0 unspecified atom stereocenters. The summed E-state index contributed by atoms with van der Waals surface area (Å²) in [6.07, 6.45) is 1.93. The van der Waals surface area contributed by atoms with E-state index in [1.807, 2.05) is 42.5 Å². The van der Waals surface area contributed by atoms with Gasteiger partial charge in [-0.05, 0) is 59.7 Å². The molecule has 3 aromatic rings. The number of carboxylic acids is 1. The summed E-state index contributed by atoms with van der Waals surface area (Å²) in [4.78, 5) is 24.2. The highest BCUT2D eigenvalue weighted by atomic mass is 19.1. The second kappa shape index (κ2) is 10.7. The van der Waals surface area contributed by atoms with Gasteiger partial charge in [0.15, 0.2) is 11.6 Å². The fourth-order valence-corrected chi connectivity index (χ4v) is 4.44. The first kappa shape index (κ1) is 23.7. The van der Waals surface area contributed by atoms with Gasteiger partial charge in [0.05, 0.1) is 24.2 Å². The van der Waals surface area contributed by atoms with Crippen LogP contribution in [0.15, 0.2) is 54.6 Å². The van der Waals surface area contributed by atoms with Gasteiger partial charge in [0.1, 0.15) is 6.61 Å². The third kappa shape index (κ3) is 5.37. The summed E-state index contributed by atoms with van der Waals surface area (Å²) < 4.78 is 30.8. The van der Waals surface area contributed by atoms with Crippen molar-refractivity contribution >= 4 is 22.7 Å². The quantitative estimate of drug-likeness (QED) is 0.441. The van der Waals surface area contributed by atoms with Gasteiger partial charge in [-0.15, -0.1) is 0 Å². The summed E-state index contributed by atoms with van der Waals surface area (Å²) in [7, 11) is 1.42. The van der Waals surface area contributed by atoms with E-state index in [0.29, 0.717) is 25.7 Å². The summed E-state index contributed by atoms with van der Waals surface area (Å²) in [6.45, 7) is 0.207. The summed E-state index contributed by atoms with van der Waals surface area (Å²) in [5.74, 6) is -2.38. The normalized spacial score (nSPS) is 17.9. The number of halogens is 1. The maximum atomic E-state index is 14.5. The number of hydrogen-bond acceptors (Lipinski definition) is 5. The molecule has 7 heteroatoms. The van der Waals surface area contributed by atoms with Crippen LogP contribution in [0.4, 0.5) is 4.39 Å². The van der Waals surface area contributed by atoms with Crippen LogP contribution in [0.5, 0.6) is 5.75 Å². The number of benzene rings is 3. The Balaban J connectivity index is 1.33. The van der Waals surface area contributed by atoms with Gasteiger partial charge in [-0.25, -0.2) is 9.18 Å². The van der Waals surface area contributed by atoms with Crippen molar-refractivity contribution in [3.05, 3.63) is 77.1 Å². The molecule has 0 saturated heterocycles. The average Bonchev–Trinajstić information content (AvgIpc) is 2.84.